The molecule has 0 radical (unpaired) electrons. The zero-order valence-electron chi connectivity index (χ0n) is 17.3. The molecule has 1 aliphatic heterocycles. The van der Waals surface area contributed by atoms with Crippen molar-refractivity contribution in [3.63, 3.8) is 0 Å². The van der Waals surface area contributed by atoms with Crippen molar-refractivity contribution in [2.75, 3.05) is 6.61 Å². The quantitative estimate of drug-likeness (QED) is 0.565. The standard InChI is InChI=1S/C24H27NO3/c1-6-24(5)16-23(3,4)20-14-17(9-13-21(20)28-24)8-11-19-12-10-18(15-25-19)22(26)27-7-2/h9-10,12-15H,6-7,16H2,1-5H3. The lowest BCUT2D eigenvalue weighted by molar-refractivity contribution is 0.0324. The van der Waals surface area contributed by atoms with Crippen molar-refractivity contribution in [2.24, 2.45) is 0 Å². The van der Waals surface area contributed by atoms with Crippen LogP contribution >= 0.6 is 0 Å². The molecule has 2 heterocycles. The fourth-order valence-electron chi connectivity index (χ4n) is 3.69. The number of aromatic nitrogens is 1. The highest BCUT2D eigenvalue weighted by Crippen LogP contribution is 2.46. The van der Waals surface area contributed by atoms with E-state index >= 15 is 0 Å². The number of ether oxygens (including phenoxy) is 2. The molecule has 0 fully saturated rings. The number of rotatable bonds is 3. The van der Waals surface area contributed by atoms with Gasteiger partial charge < -0.3 is 9.47 Å². The Balaban J connectivity index is 1.83. The molecule has 0 amide bonds. The number of nitrogens with zero attached hydrogens (tertiary/aromatic N) is 1. The number of fused-ring (bicyclic) bond motifs is 1. The minimum atomic E-state index is -0.370. The maximum atomic E-state index is 11.7. The van der Waals surface area contributed by atoms with Crippen molar-refractivity contribution in [3.8, 4) is 17.6 Å². The fourth-order valence-corrected chi connectivity index (χ4v) is 3.69. The first-order valence-corrected chi connectivity index (χ1v) is 9.75. The Kier molecular flexibility index (Phi) is 5.47. The molecule has 146 valence electrons. The minimum Gasteiger partial charge on any atom is -0.487 e. The molecule has 28 heavy (non-hydrogen) atoms. The summed E-state index contributed by atoms with van der Waals surface area (Å²) in [5.74, 6) is 6.82. The van der Waals surface area contributed by atoms with E-state index in [-0.39, 0.29) is 17.0 Å². The van der Waals surface area contributed by atoms with E-state index in [1.165, 1.54) is 11.8 Å². The van der Waals surface area contributed by atoms with Gasteiger partial charge in [0.1, 0.15) is 17.0 Å². The Hall–Kier alpha value is -2.80. The van der Waals surface area contributed by atoms with Crippen molar-refractivity contribution in [1.29, 1.82) is 0 Å². The second kappa shape index (κ2) is 7.67. The predicted octanol–water partition coefficient (Wildman–Crippen LogP) is 4.89. The second-order valence-electron chi connectivity index (χ2n) is 8.08. The third kappa shape index (κ3) is 4.20. The third-order valence-electron chi connectivity index (χ3n) is 5.24. The molecular weight excluding hydrogens is 350 g/mol. The van der Waals surface area contributed by atoms with E-state index in [9.17, 15) is 4.79 Å². The number of pyridine rings is 1. The molecule has 0 spiro atoms. The topological polar surface area (TPSA) is 48.4 Å². The van der Waals surface area contributed by atoms with E-state index < -0.39 is 0 Å². The van der Waals surface area contributed by atoms with E-state index in [1.54, 1.807) is 19.1 Å². The van der Waals surface area contributed by atoms with Gasteiger partial charge in [0.05, 0.1) is 12.2 Å². The first-order valence-electron chi connectivity index (χ1n) is 9.75. The van der Waals surface area contributed by atoms with Crippen LogP contribution in [0, 0.1) is 11.8 Å². The maximum absolute atomic E-state index is 11.7. The number of esters is 1. The maximum Gasteiger partial charge on any atom is 0.339 e. The number of carbonyl (C=O) groups is 1. The van der Waals surface area contributed by atoms with Crippen LogP contribution in [0.5, 0.6) is 5.75 Å². The van der Waals surface area contributed by atoms with Crippen LogP contribution in [0.25, 0.3) is 0 Å². The lowest BCUT2D eigenvalue weighted by Gasteiger charge is -2.44. The highest BCUT2D eigenvalue weighted by Gasteiger charge is 2.40. The molecule has 1 atom stereocenters. The predicted molar refractivity (Wildman–Crippen MR) is 110 cm³/mol. The van der Waals surface area contributed by atoms with Crippen LogP contribution in [0.1, 0.15) is 74.6 Å². The van der Waals surface area contributed by atoms with Crippen LogP contribution in [0.15, 0.2) is 36.5 Å². The molecule has 0 saturated carbocycles. The van der Waals surface area contributed by atoms with Crippen molar-refractivity contribution in [1.82, 2.24) is 4.98 Å². The van der Waals surface area contributed by atoms with E-state index in [2.05, 4.69) is 50.6 Å². The van der Waals surface area contributed by atoms with Crippen LogP contribution < -0.4 is 4.74 Å². The normalized spacial score (nSPS) is 19.6. The summed E-state index contributed by atoms with van der Waals surface area (Å²) in [6.07, 6.45) is 3.44. The zero-order valence-corrected chi connectivity index (χ0v) is 17.3. The summed E-state index contributed by atoms with van der Waals surface area (Å²) < 4.78 is 11.2. The summed E-state index contributed by atoms with van der Waals surface area (Å²) in [5.41, 5.74) is 3.05. The molecule has 4 heteroatoms. The molecule has 0 bridgehead atoms. The number of hydrogen-bond donors (Lipinski definition) is 0. The lowest BCUT2D eigenvalue weighted by Crippen LogP contribution is -2.43. The molecule has 1 aromatic heterocycles. The van der Waals surface area contributed by atoms with Crippen LogP contribution in [-0.4, -0.2) is 23.2 Å². The highest BCUT2D eigenvalue weighted by atomic mass is 16.5. The van der Waals surface area contributed by atoms with Gasteiger partial charge in [0.2, 0.25) is 0 Å². The Morgan fingerprint density at radius 3 is 2.61 bits per heavy atom. The van der Waals surface area contributed by atoms with Crippen LogP contribution in [0.3, 0.4) is 0 Å². The molecule has 0 N–H and O–H groups in total. The molecule has 1 aromatic carbocycles. The second-order valence-corrected chi connectivity index (χ2v) is 8.08. The van der Waals surface area contributed by atoms with E-state index in [0.717, 1.165) is 24.2 Å². The van der Waals surface area contributed by atoms with Gasteiger partial charge in [-0.3, -0.25) is 0 Å². The number of carbonyl (C=O) groups excluding carboxylic acids is 1. The monoisotopic (exact) mass is 377 g/mol. The highest BCUT2D eigenvalue weighted by molar-refractivity contribution is 5.89. The Morgan fingerprint density at radius 2 is 1.96 bits per heavy atom. The molecule has 1 aliphatic rings. The Labute approximate surface area is 167 Å². The van der Waals surface area contributed by atoms with Gasteiger partial charge in [0.25, 0.3) is 0 Å². The molecule has 0 aliphatic carbocycles. The van der Waals surface area contributed by atoms with Crippen LogP contribution in [-0.2, 0) is 10.2 Å². The summed E-state index contributed by atoms with van der Waals surface area (Å²) in [7, 11) is 0. The van der Waals surface area contributed by atoms with E-state index in [0.29, 0.717) is 17.9 Å². The van der Waals surface area contributed by atoms with Crippen molar-refractivity contribution >= 4 is 5.97 Å². The number of benzene rings is 1. The first-order chi connectivity index (χ1) is 13.3. The molecule has 4 nitrogen and oxygen atoms in total. The molecule has 1 unspecified atom stereocenters. The summed E-state index contributed by atoms with van der Waals surface area (Å²) in [6, 6.07) is 9.54. The number of hydrogen-bond acceptors (Lipinski definition) is 4. The minimum absolute atomic E-state index is 0.0234. The molecular formula is C24H27NO3. The van der Waals surface area contributed by atoms with Gasteiger partial charge in [-0.15, -0.1) is 0 Å². The van der Waals surface area contributed by atoms with E-state index in [4.69, 9.17) is 9.47 Å². The molecule has 0 saturated heterocycles. The first kappa shape index (κ1) is 19.9. The largest absolute Gasteiger partial charge is 0.487 e. The van der Waals surface area contributed by atoms with Crippen molar-refractivity contribution in [2.45, 2.75) is 58.5 Å². The average molecular weight is 377 g/mol. The van der Waals surface area contributed by atoms with Crippen LogP contribution in [0.2, 0.25) is 0 Å². The van der Waals surface area contributed by atoms with Gasteiger partial charge in [-0.2, -0.15) is 0 Å². The van der Waals surface area contributed by atoms with Gasteiger partial charge >= 0.3 is 5.97 Å². The van der Waals surface area contributed by atoms with Gasteiger partial charge in [0, 0.05) is 17.3 Å². The molecule has 2 aromatic rings. The molecule has 3 rings (SSSR count). The van der Waals surface area contributed by atoms with Crippen LogP contribution in [0.4, 0.5) is 0 Å². The van der Waals surface area contributed by atoms with E-state index in [1.807, 2.05) is 12.1 Å². The smallest absolute Gasteiger partial charge is 0.339 e. The summed E-state index contributed by atoms with van der Waals surface area (Å²) >= 11 is 0. The Bertz CT molecular complexity index is 935. The summed E-state index contributed by atoms with van der Waals surface area (Å²) in [4.78, 5) is 15.9. The Morgan fingerprint density at radius 1 is 1.18 bits per heavy atom. The SMILES string of the molecule is CCOC(=O)c1ccc(C#Cc2ccc3c(c2)C(C)(C)CC(C)(CC)O3)nc1. The van der Waals surface area contributed by atoms with Gasteiger partial charge in [-0.25, -0.2) is 9.78 Å². The summed E-state index contributed by atoms with van der Waals surface area (Å²) in [5, 5.41) is 0. The summed E-state index contributed by atoms with van der Waals surface area (Å²) in [6.45, 7) is 11.0. The third-order valence-corrected chi connectivity index (χ3v) is 5.24. The van der Waals surface area contributed by atoms with Crippen molar-refractivity contribution < 1.29 is 14.3 Å². The van der Waals surface area contributed by atoms with Gasteiger partial charge in [0.15, 0.2) is 0 Å². The zero-order chi connectivity index (χ0) is 20.4. The van der Waals surface area contributed by atoms with Gasteiger partial charge in [-0.05, 0) is 68.4 Å². The van der Waals surface area contributed by atoms with Gasteiger partial charge in [-0.1, -0.05) is 26.7 Å². The van der Waals surface area contributed by atoms with Crippen molar-refractivity contribution in [3.05, 3.63) is 58.9 Å². The lowest BCUT2D eigenvalue weighted by atomic mass is 9.72. The fraction of sp³-hybridized carbons (Fsp3) is 0.417. The average Bonchev–Trinajstić information content (AvgIpc) is 2.66.